The Morgan fingerprint density at radius 2 is 1.83 bits per heavy atom. The molecule has 0 saturated carbocycles. The van der Waals surface area contributed by atoms with Crippen LogP contribution in [-0.2, 0) is 13.2 Å². The molecule has 2 aromatic carbocycles. The minimum Gasteiger partial charge on any atom is -0.493 e. The predicted octanol–water partition coefficient (Wildman–Crippen LogP) is 5.32. The molecule has 0 bridgehead atoms. The second-order valence-corrected chi connectivity index (χ2v) is 6.57. The lowest BCUT2D eigenvalue weighted by molar-refractivity contribution is 0.280. The second kappa shape index (κ2) is 10.4. The van der Waals surface area contributed by atoms with E-state index in [-0.39, 0.29) is 0 Å². The molecule has 0 heterocycles. The molecule has 0 radical (unpaired) electrons. The molecule has 0 spiro atoms. The Bertz CT molecular complexity index is 617. The van der Waals surface area contributed by atoms with Gasteiger partial charge in [0.05, 0.1) is 7.11 Å². The minimum absolute atomic E-state index is 0.524. The van der Waals surface area contributed by atoms with E-state index in [1.807, 2.05) is 30.3 Å². The first-order valence-corrected chi connectivity index (χ1v) is 9.28. The second-order valence-electron chi connectivity index (χ2n) is 5.72. The summed E-state index contributed by atoms with van der Waals surface area (Å²) in [4.78, 5) is 0. The summed E-state index contributed by atoms with van der Waals surface area (Å²) < 4.78 is 12.6. The summed E-state index contributed by atoms with van der Waals surface area (Å²) in [5, 5.41) is 3.50. The molecular weight excluding hydrogens is 366 g/mol. The molecule has 0 atom stereocenters. The predicted molar refractivity (Wildman–Crippen MR) is 103 cm³/mol. The maximum Gasteiger partial charge on any atom is 0.167 e. The Kier molecular flexibility index (Phi) is 8.13. The van der Waals surface area contributed by atoms with Crippen LogP contribution < -0.4 is 14.8 Å². The molecule has 0 aliphatic heterocycles. The third kappa shape index (κ3) is 5.53. The van der Waals surface area contributed by atoms with E-state index in [1.165, 1.54) is 19.3 Å². The van der Waals surface area contributed by atoms with E-state index in [9.17, 15) is 0 Å². The van der Waals surface area contributed by atoms with Gasteiger partial charge in [0, 0.05) is 16.6 Å². The lowest BCUT2D eigenvalue weighted by Gasteiger charge is -2.17. The van der Waals surface area contributed by atoms with Crippen LogP contribution in [0.2, 0.25) is 0 Å². The summed E-state index contributed by atoms with van der Waals surface area (Å²) in [5.74, 6) is 1.57. The maximum absolute atomic E-state index is 6.11. The quantitative estimate of drug-likeness (QED) is 0.556. The normalized spacial score (nSPS) is 10.6. The fourth-order valence-electron chi connectivity index (χ4n) is 2.51. The highest BCUT2D eigenvalue weighted by molar-refractivity contribution is 9.10. The van der Waals surface area contributed by atoms with Gasteiger partial charge in [-0.15, -0.1) is 0 Å². The Hall–Kier alpha value is -1.52. The Morgan fingerprint density at radius 3 is 2.54 bits per heavy atom. The summed E-state index contributed by atoms with van der Waals surface area (Å²) >= 11 is 3.64. The number of halogens is 1. The van der Waals surface area contributed by atoms with Crippen molar-refractivity contribution >= 4 is 15.9 Å². The van der Waals surface area contributed by atoms with E-state index in [0.29, 0.717) is 6.61 Å². The Labute approximate surface area is 153 Å². The van der Waals surface area contributed by atoms with Gasteiger partial charge in [0.1, 0.15) is 6.61 Å². The van der Waals surface area contributed by atoms with E-state index in [4.69, 9.17) is 9.47 Å². The fourth-order valence-corrected chi connectivity index (χ4v) is 2.96. The number of benzene rings is 2. The third-order valence-corrected chi connectivity index (χ3v) is 4.61. The third-order valence-electron chi connectivity index (χ3n) is 3.87. The molecule has 0 amide bonds. The topological polar surface area (TPSA) is 30.5 Å². The molecule has 0 aliphatic carbocycles. The standard InChI is InChI=1S/C20H26BrNO2/c1-3-4-8-13-22-14-17-18(21)11-12-19(23-2)20(17)24-15-16-9-6-5-7-10-16/h5-7,9-12,22H,3-4,8,13-15H2,1-2H3. The van der Waals surface area contributed by atoms with Crippen LogP contribution in [0.3, 0.4) is 0 Å². The van der Waals surface area contributed by atoms with Crippen molar-refractivity contribution in [3.63, 3.8) is 0 Å². The molecule has 0 aromatic heterocycles. The van der Waals surface area contributed by atoms with Gasteiger partial charge < -0.3 is 14.8 Å². The fraction of sp³-hybridized carbons (Fsp3) is 0.400. The van der Waals surface area contributed by atoms with Crippen molar-refractivity contribution in [2.75, 3.05) is 13.7 Å². The van der Waals surface area contributed by atoms with Crippen molar-refractivity contribution in [1.29, 1.82) is 0 Å². The van der Waals surface area contributed by atoms with Crippen molar-refractivity contribution in [3.05, 3.63) is 58.1 Å². The summed E-state index contributed by atoms with van der Waals surface area (Å²) in [6, 6.07) is 14.1. The summed E-state index contributed by atoms with van der Waals surface area (Å²) in [6.07, 6.45) is 3.68. The average Bonchev–Trinajstić information content (AvgIpc) is 2.62. The highest BCUT2D eigenvalue weighted by atomic mass is 79.9. The molecule has 0 aliphatic rings. The molecule has 4 heteroatoms. The zero-order valence-corrected chi connectivity index (χ0v) is 16.1. The zero-order chi connectivity index (χ0) is 17.2. The summed E-state index contributed by atoms with van der Waals surface area (Å²) in [7, 11) is 1.68. The smallest absolute Gasteiger partial charge is 0.167 e. The van der Waals surface area contributed by atoms with Crippen LogP contribution in [0, 0.1) is 0 Å². The van der Waals surface area contributed by atoms with Gasteiger partial charge in [-0.05, 0) is 30.7 Å². The number of ether oxygens (including phenoxy) is 2. The molecule has 2 aromatic rings. The number of unbranched alkanes of at least 4 members (excludes halogenated alkanes) is 2. The van der Waals surface area contributed by atoms with Crippen LogP contribution in [0.5, 0.6) is 11.5 Å². The minimum atomic E-state index is 0.524. The maximum atomic E-state index is 6.11. The van der Waals surface area contributed by atoms with Crippen molar-refractivity contribution in [1.82, 2.24) is 5.32 Å². The molecule has 1 N–H and O–H groups in total. The molecule has 2 rings (SSSR count). The lowest BCUT2D eigenvalue weighted by Crippen LogP contribution is -2.16. The van der Waals surface area contributed by atoms with Crippen molar-refractivity contribution in [3.8, 4) is 11.5 Å². The first-order valence-electron chi connectivity index (χ1n) is 8.49. The van der Waals surface area contributed by atoms with Gasteiger partial charge in [-0.3, -0.25) is 0 Å². The number of rotatable bonds is 10. The van der Waals surface area contributed by atoms with Gasteiger partial charge in [0.2, 0.25) is 0 Å². The van der Waals surface area contributed by atoms with Gasteiger partial charge >= 0.3 is 0 Å². The molecule has 130 valence electrons. The van der Waals surface area contributed by atoms with Crippen LogP contribution in [0.25, 0.3) is 0 Å². The monoisotopic (exact) mass is 391 g/mol. The molecule has 0 fully saturated rings. The average molecular weight is 392 g/mol. The highest BCUT2D eigenvalue weighted by Crippen LogP contribution is 2.36. The van der Waals surface area contributed by atoms with Gasteiger partial charge in [-0.2, -0.15) is 0 Å². The van der Waals surface area contributed by atoms with E-state index in [0.717, 1.165) is 40.2 Å². The van der Waals surface area contributed by atoms with E-state index < -0.39 is 0 Å². The largest absolute Gasteiger partial charge is 0.493 e. The van der Waals surface area contributed by atoms with Gasteiger partial charge in [0.15, 0.2) is 11.5 Å². The van der Waals surface area contributed by atoms with Crippen LogP contribution in [0.15, 0.2) is 46.9 Å². The highest BCUT2D eigenvalue weighted by Gasteiger charge is 2.14. The zero-order valence-electron chi connectivity index (χ0n) is 14.5. The summed E-state index contributed by atoms with van der Waals surface area (Å²) in [6.45, 7) is 4.51. The van der Waals surface area contributed by atoms with Crippen LogP contribution >= 0.6 is 15.9 Å². The number of hydrogen-bond donors (Lipinski definition) is 1. The Balaban J connectivity index is 2.09. The molecule has 0 saturated heterocycles. The van der Waals surface area contributed by atoms with Crippen LogP contribution in [0.4, 0.5) is 0 Å². The Morgan fingerprint density at radius 1 is 1.04 bits per heavy atom. The van der Waals surface area contributed by atoms with Crippen LogP contribution in [-0.4, -0.2) is 13.7 Å². The van der Waals surface area contributed by atoms with Crippen molar-refractivity contribution < 1.29 is 9.47 Å². The van der Waals surface area contributed by atoms with E-state index in [2.05, 4.69) is 40.3 Å². The van der Waals surface area contributed by atoms with E-state index >= 15 is 0 Å². The first-order chi connectivity index (χ1) is 11.8. The van der Waals surface area contributed by atoms with Crippen molar-refractivity contribution in [2.24, 2.45) is 0 Å². The number of nitrogens with one attached hydrogen (secondary N) is 1. The SMILES string of the molecule is CCCCCNCc1c(Br)ccc(OC)c1OCc1ccccc1. The lowest BCUT2D eigenvalue weighted by atomic mass is 10.1. The molecular formula is C20H26BrNO2. The van der Waals surface area contributed by atoms with Crippen LogP contribution in [0.1, 0.15) is 37.3 Å². The van der Waals surface area contributed by atoms with E-state index in [1.54, 1.807) is 7.11 Å². The summed E-state index contributed by atoms with van der Waals surface area (Å²) in [5.41, 5.74) is 2.24. The molecule has 0 unspecified atom stereocenters. The van der Waals surface area contributed by atoms with Gasteiger partial charge in [-0.25, -0.2) is 0 Å². The molecule has 24 heavy (non-hydrogen) atoms. The van der Waals surface area contributed by atoms with Gasteiger partial charge in [0.25, 0.3) is 0 Å². The van der Waals surface area contributed by atoms with Crippen molar-refractivity contribution in [2.45, 2.75) is 39.3 Å². The molecule has 3 nitrogen and oxygen atoms in total. The van der Waals surface area contributed by atoms with Gasteiger partial charge in [-0.1, -0.05) is 66.0 Å². The first kappa shape index (κ1) is 18.8. The number of methoxy groups -OCH3 is 1. The number of hydrogen-bond acceptors (Lipinski definition) is 3.